The summed E-state index contributed by atoms with van der Waals surface area (Å²) in [5, 5.41) is 4.26. The number of carbonyl (C=O) groups excluding carboxylic acids is 1. The zero-order valence-electron chi connectivity index (χ0n) is 20.5. The largest absolute Gasteiger partial charge is 0.443 e. The van der Waals surface area contributed by atoms with Crippen LogP contribution in [0.5, 0.6) is 0 Å². The van der Waals surface area contributed by atoms with E-state index >= 15 is 8.78 Å². The summed E-state index contributed by atoms with van der Waals surface area (Å²) in [4.78, 5) is 14.2. The van der Waals surface area contributed by atoms with Gasteiger partial charge in [0, 0.05) is 31.4 Å². The van der Waals surface area contributed by atoms with E-state index in [-0.39, 0.29) is 21.4 Å². The highest BCUT2D eigenvalue weighted by Crippen LogP contribution is 2.39. The van der Waals surface area contributed by atoms with E-state index in [4.69, 9.17) is 10.5 Å². The summed E-state index contributed by atoms with van der Waals surface area (Å²) >= 11 is 0. The van der Waals surface area contributed by atoms with Crippen molar-refractivity contribution in [3.63, 3.8) is 0 Å². The lowest BCUT2D eigenvalue weighted by Crippen LogP contribution is -2.35. The van der Waals surface area contributed by atoms with Crippen LogP contribution in [0.25, 0.3) is 22.4 Å². The number of carbonyl (C=O) groups is 1. The van der Waals surface area contributed by atoms with Crippen LogP contribution in [0.15, 0.2) is 59.8 Å². The van der Waals surface area contributed by atoms with Crippen LogP contribution in [0.3, 0.4) is 0 Å². The van der Waals surface area contributed by atoms with Gasteiger partial charge >= 0.3 is 5.97 Å². The summed E-state index contributed by atoms with van der Waals surface area (Å²) in [6.07, 6.45) is 2.91. The number of hydrogen-bond donors (Lipinski definition) is 1. The predicted octanol–water partition coefficient (Wildman–Crippen LogP) is 4.49. The van der Waals surface area contributed by atoms with Gasteiger partial charge in [-0.15, -0.1) is 0 Å². The molecule has 0 saturated carbocycles. The number of sulfonamides is 1. The van der Waals surface area contributed by atoms with Gasteiger partial charge in [-0.3, -0.25) is 9.48 Å². The number of ether oxygens (including phenoxy) is 1. The van der Waals surface area contributed by atoms with E-state index in [0.29, 0.717) is 30.3 Å². The number of nitrogen functional groups attached to an aromatic ring is 1. The fourth-order valence-corrected chi connectivity index (χ4v) is 5.16. The number of nitrogens with two attached hydrogens (primary N) is 1. The smallest absolute Gasteiger partial charge is 0.304 e. The second-order valence-electron chi connectivity index (χ2n) is 8.17. The minimum Gasteiger partial charge on any atom is -0.443 e. The number of rotatable bonds is 8. The Hall–Kier alpha value is -4.46. The van der Waals surface area contributed by atoms with Crippen LogP contribution < -0.4 is 10.0 Å². The molecule has 4 rings (SSSR count). The number of benzene rings is 2. The van der Waals surface area contributed by atoms with E-state index < -0.39 is 62.1 Å². The van der Waals surface area contributed by atoms with Crippen molar-refractivity contribution in [2.45, 2.75) is 25.3 Å². The third-order valence-corrected chi connectivity index (χ3v) is 7.35. The number of aryl methyl sites for hydroxylation is 1. The highest BCUT2D eigenvalue weighted by molar-refractivity contribution is 7.92. The highest BCUT2D eigenvalue weighted by atomic mass is 32.2. The molecular formula is C25H21F4N5O4S. The third-order valence-electron chi connectivity index (χ3n) is 5.60. The van der Waals surface area contributed by atoms with Gasteiger partial charge in [0.25, 0.3) is 10.0 Å². The molecule has 2 aromatic carbocycles. The number of halogens is 4. The van der Waals surface area contributed by atoms with Crippen molar-refractivity contribution < 1.29 is 35.5 Å². The van der Waals surface area contributed by atoms with Gasteiger partial charge in [0.2, 0.25) is 0 Å². The zero-order valence-corrected chi connectivity index (χ0v) is 21.3. The summed E-state index contributed by atoms with van der Waals surface area (Å²) in [5.41, 5.74) is 4.74. The first-order chi connectivity index (χ1) is 18.4. The number of aromatic nitrogens is 3. The minimum absolute atomic E-state index is 0.133. The molecule has 0 unspecified atom stereocenters. The minimum atomic E-state index is -5.08. The molecule has 0 amide bonds. The number of nitrogens with zero attached hydrogens (tertiary/aromatic N) is 4. The van der Waals surface area contributed by atoms with Crippen LogP contribution in [0, 0.1) is 23.3 Å². The van der Waals surface area contributed by atoms with Gasteiger partial charge in [-0.05, 0) is 55.0 Å². The Balaban J connectivity index is 1.96. The van der Waals surface area contributed by atoms with Gasteiger partial charge in [0.1, 0.15) is 33.9 Å². The summed E-state index contributed by atoms with van der Waals surface area (Å²) in [7, 11) is -5.08. The van der Waals surface area contributed by atoms with Gasteiger partial charge in [-0.25, -0.2) is 35.3 Å². The van der Waals surface area contributed by atoms with E-state index in [1.807, 2.05) is 0 Å². The Bertz CT molecular complexity index is 1680. The lowest BCUT2D eigenvalue weighted by atomic mass is 10.0. The Morgan fingerprint density at radius 2 is 1.79 bits per heavy atom. The first-order valence-corrected chi connectivity index (χ1v) is 12.8. The molecule has 0 aliphatic carbocycles. The molecule has 0 aliphatic heterocycles. The molecule has 0 fully saturated rings. The lowest BCUT2D eigenvalue weighted by Gasteiger charge is -2.25. The number of esters is 1. The quantitative estimate of drug-likeness (QED) is 0.191. The zero-order chi connectivity index (χ0) is 28.5. The van der Waals surface area contributed by atoms with Gasteiger partial charge < -0.3 is 10.5 Å². The summed E-state index contributed by atoms with van der Waals surface area (Å²) in [6, 6.07) is 6.21. The third kappa shape index (κ3) is 5.41. The highest BCUT2D eigenvalue weighted by Gasteiger charge is 2.33. The summed E-state index contributed by atoms with van der Waals surface area (Å²) in [5.74, 6) is -5.75. The average molecular weight is 564 g/mol. The molecule has 9 nitrogen and oxygen atoms in total. The Morgan fingerprint density at radius 3 is 2.46 bits per heavy atom. The Labute approximate surface area is 220 Å². The molecule has 14 heteroatoms. The normalized spacial score (nSPS) is 11.4. The topological polar surface area (TPSA) is 120 Å². The molecule has 0 spiro atoms. The molecule has 0 atom stereocenters. The molecule has 0 aliphatic rings. The van der Waals surface area contributed by atoms with Gasteiger partial charge in [-0.1, -0.05) is 0 Å². The van der Waals surface area contributed by atoms with E-state index in [1.165, 1.54) is 23.1 Å². The maximum absolute atomic E-state index is 16.2. The van der Waals surface area contributed by atoms with Crippen molar-refractivity contribution in [2.24, 2.45) is 0 Å². The summed E-state index contributed by atoms with van der Waals surface area (Å²) < 4.78 is 93.0. The first-order valence-electron chi connectivity index (χ1n) is 11.3. The molecule has 2 N–H and O–H groups in total. The maximum atomic E-state index is 16.2. The van der Waals surface area contributed by atoms with Crippen LogP contribution in [0.1, 0.15) is 13.8 Å². The van der Waals surface area contributed by atoms with Crippen LogP contribution >= 0.6 is 0 Å². The molecule has 0 bridgehead atoms. The van der Waals surface area contributed by atoms with Crippen molar-refractivity contribution in [1.29, 1.82) is 0 Å². The van der Waals surface area contributed by atoms with E-state index in [2.05, 4.69) is 10.1 Å². The first kappa shape index (κ1) is 27.6. The van der Waals surface area contributed by atoms with Crippen molar-refractivity contribution in [1.82, 2.24) is 14.8 Å². The lowest BCUT2D eigenvalue weighted by molar-refractivity contribution is -0.140. The molecule has 2 heterocycles. The van der Waals surface area contributed by atoms with Gasteiger partial charge in [-0.2, -0.15) is 5.10 Å². The molecule has 2 aromatic heterocycles. The van der Waals surface area contributed by atoms with Gasteiger partial charge in [0.05, 0.1) is 11.3 Å². The monoisotopic (exact) mass is 563 g/mol. The van der Waals surface area contributed by atoms with E-state index in [9.17, 15) is 22.0 Å². The van der Waals surface area contributed by atoms with E-state index in [0.717, 1.165) is 19.1 Å². The molecule has 0 saturated heterocycles. The van der Waals surface area contributed by atoms with Gasteiger partial charge in [0.15, 0.2) is 12.5 Å². The fraction of sp³-hybridized carbons (Fsp3) is 0.160. The average Bonchev–Trinajstić information content (AvgIpc) is 3.30. The van der Waals surface area contributed by atoms with Crippen molar-refractivity contribution in [3.05, 3.63) is 78.1 Å². The SMILES string of the molecule is CCn1cc(-c2ccnc(N)c2)c(-c2c(F)ccc(N(COC(C)=O)S(=O)(=O)c3cc(F)ccc3F)c2F)n1. The fourth-order valence-electron chi connectivity index (χ4n) is 3.76. The Morgan fingerprint density at radius 1 is 1.08 bits per heavy atom. The molecule has 4 aromatic rings. The predicted molar refractivity (Wildman–Crippen MR) is 134 cm³/mol. The molecule has 0 radical (unpaired) electrons. The van der Waals surface area contributed by atoms with Crippen LogP contribution in [0.2, 0.25) is 0 Å². The number of anilines is 2. The maximum Gasteiger partial charge on any atom is 0.304 e. The second kappa shape index (κ2) is 10.7. The second-order valence-corrected chi connectivity index (χ2v) is 10.00. The van der Waals surface area contributed by atoms with Crippen LogP contribution in [0.4, 0.5) is 29.1 Å². The molecular weight excluding hydrogens is 542 g/mol. The van der Waals surface area contributed by atoms with Crippen molar-refractivity contribution >= 4 is 27.5 Å². The van der Waals surface area contributed by atoms with Crippen molar-refractivity contribution in [3.8, 4) is 22.4 Å². The van der Waals surface area contributed by atoms with Crippen LogP contribution in [-0.2, 0) is 26.1 Å². The molecule has 39 heavy (non-hydrogen) atoms. The van der Waals surface area contributed by atoms with Crippen molar-refractivity contribution in [2.75, 3.05) is 16.8 Å². The Kier molecular flexibility index (Phi) is 7.58. The summed E-state index contributed by atoms with van der Waals surface area (Å²) in [6.45, 7) is 1.91. The standard InChI is InChI=1S/C25H21F4N5O4S/c1-3-33-12-17(15-8-9-31-22(30)10-15)25(32-33)23-19(28)6-7-20(24(23)29)34(13-38-14(2)35)39(36,37)21-11-16(26)4-5-18(21)27/h4-12H,3,13H2,1-2H3,(H2,30,31). The number of pyridine rings is 1. The molecule has 204 valence electrons. The number of hydrogen-bond acceptors (Lipinski definition) is 7. The van der Waals surface area contributed by atoms with Crippen LogP contribution in [-0.4, -0.2) is 35.9 Å². The van der Waals surface area contributed by atoms with E-state index in [1.54, 1.807) is 13.0 Å².